The quantitative estimate of drug-likeness (QED) is 0.153. The largest absolute Gasteiger partial charge is 0.484 e. The second-order valence-corrected chi connectivity index (χ2v) is 17.5. The fourth-order valence-corrected chi connectivity index (χ4v) is 10.1. The van der Waals surface area contributed by atoms with Gasteiger partial charge in [-0.25, -0.2) is 15.0 Å². The Morgan fingerprint density at radius 2 is 0.824 bits per heavy atom. The molecule has 1 aliphatic carbocycles. The van der Waals surface area contributed by atoms with Crippen molar-refractivity contribution in [2.24, 2.45) is 0 Å². The second kappa shape index (κ2) is 16.5. The van der Waals surface area contributed by atoms with Crippen LogP contribution in [0.1, 0.15) is 28.8 Å². The van der Waals surface area contributed by atoms with Crippen LogP contribution in [0.3, 0.4) is 0 Å². The molecule has 0 fully saturated rings. The van der Waals surface area contributed by atoms with Crippen molar-refractivity contribution in [1.82, 2.24) is 19.5 Å². The molecule has 2 unspecified atom stereocenters. The van der Waals surface area contributed by atoms with Gasteiger partial charge in [0, 0.05) is 44.8 Å². The highest BCUT2D eigenvalue weighted by atomic mass is 16.5. The molecule has 0 saturated heterocycles. The van der Waals surface area contributed by atoms with Gasteiger partial charge in [-0.1, -0.05) is 194 Å². The minimum absolute atomic E-state index is 0.0000301. The molecule has 3 heterocycles. The number of nitrogens with zero attached hydrogens (tertiary/aromatic N) is 4. The Morgan fingerprint density at radius 1 is 0.368 bits per heavy atom. The summed E-state index contributed by atoms with van der Waals surface area (Å²) in [7, 11) is 0. The predicted octanol–water partition coefficient (Wildman–Crippen LogP) is 15.7. The fourth-order valence-electron chi connectivity index (χ4n) is 10.1. The number of rotatable bonds is 8. The molecule has 1 aliphatic heterocycles. The predicted molar refractivity (Wildman–Crippen MR) is 276 cm³/mol. The molecular weight excluding hydrogens is 829 g/mol. The standard InChI is InChI=1S/C63H42N4O/c1-4-14-41(15-5-1)44-26-28-46(29-27-44)49-21-13-23-52(39-49)67-56-25-11-10-24-54(56)59-57(67)36-35-53-55-40-51(34-37-58(55)68-60(53)59)63-65-61(47-32-30-45(31-33-47)42-16-6-2-7-17-42)64-62(66-63)50-22-12-20-48(38-50)43-18-8-3-9-19-43/h1-40,53,60H. The Kier molecular flexibility index (Phi) is 9.57. The summed E-state index contributed by atoms with van der Waals surface area (Å²) in [6.07, 6.45) is 4.41. The second-order valence-electron chi connectivity index (χ2n) is 17.5. The summed E-state index contributed by atoms with van der Waals surface area (Å²) < 4.78 is 9.39. The van der Waals surface area contributed by atoms with E-state index in [0.29, 0.717) is 17.5 Å². The number of hydrogen-bond donors (Lipinski definition) is 0. The third-order valence-electron chi connectivity index (χ3n) is 13.4. The first-order valence-electron chi connectivity index (χ1n) is 23.2. The van der Waals surface area contributed by atoms with Crippen LogP contribution >= 0.6 is 0 Å². The number of benzene rings is 9. The molecule has 11 aromatic rings. The van der Waals surface area contributed by atoms with E-state index in [0.717, 1.165) is 67.2 Å². The number of para-hydroxylation sites is 1. The first-order chi connectivity index (χ1) is 33.7. The highest BCUT2D eigenvalue weighted by Crippen LogP contribution is 2.53. The van der Waals surface area contributed by atoms with Gasteiger partial charge in [0.1, 0.15) is 11.9 Å². The Balaban J connectivity index is 0.870. The van der Waals surface area contributed by atoms with Gasteiger partial charge >= 0.3 is 0 Å². The van der Waals surface area contributed by atoms with Crippen LogP contribution in [0, 0.1) is 0 Å². The van der Waals surface area contributed by atoms with E-state index in [1.165, 1.54) is 33.2 Å². The van der Waals surface area contributed by atoms with E-state index in [2.05, 4.69) is 235 Å². The number of fused-ring (bicyclic) bond motifs is 7. The summed E-state index contributed by atoms with van der Waals surface area (Å²) in [5.74, 6) is 2.72. The van der Waals surface area contributed by atoms with Crippen LogP contribution in [0.25, 0.3) is 101 Å². The maximum atomic E-state index is 7.00. The van der Waals surface area contributed by atoms with Crippen molar-refractivity contribution in [1.29, 1.82) is 0 Å². The van der Waals surface area contributed by atoms with E-state index in [-0.39, 0.29) is 12.0 Å². The van der Waals surface area contributed by atoms with E-state index in [1.807, 2.05) is 12.1 Å². The summed E-state index contributed by atoms with van der Waals surface area (Å²) in [4.78, 5) is 15.5. The van der Waals surface area contributed by atoms with Crippen LogP contribution in [0.4, 0.5) is 0 Å². The maximum Gasteiger partial charge on any atom is 0.164 e. The number of ether oxygens (including phenoxy) is 1. The lowest BCUT2D eigenvalue weighted by Crippen LogP contribution is -2.13. The van der Waals surface area contributed by atoms with Crippen molar-refractivity contribution in [2.45, 2.75) is 12.0 Å². The van der Waals surface area contributed by atoms with Gasteiger partial charge in [0.25, 0.3) is 0 Å². The molecule has 5 nitrogen and oxygen atoms in total. The average Bonchev–Trinajstić information content (AvgIpc) is 3.97. The first kappa shape index (κ1) is 39.4. The monoisotopic (exact) mass is 870 g/mol. The summed E-state index contributed by atoms with van der Waals surface area (Å²) in [6.45, 7) is 0. The molecule has 13 rings (SSSR count). The number of hydrogen-bond acceptors (Lipinski definition) is 4. The highest BCUT2D eigenvalue weighted by molar-refractivity contribution is 5.92. The van der Waals surface area contributed by atoms with Crippen LogP contribution in [0.5, 0.6) is 5.75 Å². The molecule has 0 amide bonds. The normalized spacial score (nSPS) is 14.5. The van der Waals surface area contributed by atoms with Gasteiger partial charge in [0.05, 0.1) is 11.2 Å². The zero-order valence-electron chi connectivity index (χ0n) is 36.9. The van der Waals surface area contributed by atoms with E-state index in [4.69, 9.17) is 19.7 Å². The van der Waals surface area contributed by atoms with Crippen LogP contribution in [-0.2, 0) is 0 Å². The van der Waals surface area contributed by atoms with Gasteiger partial charge in [-0.2, -0.15) is 0 Å². The van der Waals surface area contributed by atoms with Gasteiger partial charge in [-0.3, -0.25) is 0 Å². The SMILES string of the molecule is C1=CC2c3cc(-c4nc(-c5ccc(-c6ccccc6)cc5)nc(-c5cccc(-c6ccccc6)c5)n4)ccc3OC2c2c1n(-c1cccc(-c3ccc(-c4ccccc4)cc3)c1)c1ccccc21. The highest BCUT2D eigenvalue weighted by Gasteiger charge is 2.40. The summed E-state index contributed by atoms with van der Waals surface area (Å²) in [5, 5.41) is 1.19. The molecule has 68 heavy (non-hydrogen) atoms. The minimum atomic E-state index is -0.201. The lowest BCUT2D eigenvalue weighted by atomic mass is 9.85. The molecule has 9 aromatic carbocycles. The summed E-state index contributed by atoms with van der Waals surface area (Å²) >= 11 is 0. The van der Waals surface area contributed by atoms with Crippen LogP contribution in [0.2, 0.25) is 0 Å². The average molecular weight is 871 g/mol. The minimum Gasteiger partial charge on any atom is -0.484 e. The molecule has 2 atom stereocenters. The molecule has 5 heteroatoms. The molecule has 0 N–H and O–H groups in total. The third-order valence-corrected chi connectivity index (χ3v) is 13.4. The van der Waals surface area contributed by atoms with Crippen molar-refractivity contribution >= 4 is 17.0 Å². The van der Waals surface area contributed by atoms with Gasteiger partial charge in [0.15, 0.2) is 17.5 Å². The molecule has 0 spiro atoms. The maximum absolute atomic E-state index is 7.00. The lowest BCUT2D eigenvalue weighted by Gasteiger charge is -2.22. The van der Waals surface area contributed by atoms with Gasteiger partial charge in [-0.05, 0) is 93.0 Å². The van der Waals surface area contributed by atoms with Gasteiger partial charge in [0.2, 0.25) is 0 Å². The van der Waals surface area contributed by atoms with Crippen molar-refractivity contribution in [3.8, 4) is 90.1 Å². The third kappa shape index (κ3) is 7.00. The lowest BCUT2D eigenvalue weighted by molar-refractivity contribution is 0.224. The Bertz CT molecular complexity index is 3690. The van der Waals surface area contributed by atoms with Crippen molar-refractivity contribution < 1.29 is 4.74 Å². The first-order valence-corrected chi connectivity index (χ1v) is 23.2. The molecule has 0 saturated carbocycles. The van der Waals surface area contributed by atoms with Crippen molar-refractivity contribution in [3.05, 3.63) is 253 Å². The van der Waals surface area contributed by atoms with E-state index in [1.54, 1.807) is 0 Å². The molecule has 0 bridgehead atoms. The summed E-state index contributed by atoms with van der Waals surface area (Å²) in [5.41, 5.74) is 17.8. The van der Waals surface area contributed by atoms with Crippen molar-refractivity contribution in [2.75, 3.05) is 0 Å². The summed E-state index contributed by atoms with van der Waals surface area (Å²) in [6, 6.07) is 81.1. The van der Waals surface area contributed by atoms with E-state index in [9.17, 15) is 0 Å². The van der Waals surface area contributed by atoms with Crippen LogP contribution < -0.4 is 4.74 Å². The Labute approximate surface area is 395 Å². The topological polar surface area (TPSA) is 52.8 Å². The van der Waals surface area contributed by atoms with Crippen LogP contribution in [0.15, 0.2) is 237 Å². The van der Waals surface area contributed by atoms with E-state index >= 15 is 0 Å². The Morgan fingerprint density at radius 3 is 1.47 bits per heavy atom. The Hall–Kier alpha value is -8.93. The zero-order valence-corrected chi connectivity index (χ0v) is 36.9. The number of aromatic nitrogens is 4. The van der Waals surface area contributed by atoms with Crippen molar-refractivity contribution in [3.63, 3.8) is 0 Å². The molecular formula is C63H42N4O. The van der Waals surface area contributed by atoms with Gasteiger partial charge < -0.3 is 9.30 Å². The zero-order chi connectivity index (χ0) is 45.0. The van der Waals surface area contributed by atoms with Gasteiger partial charge in [-0.15, -0.1) is 0 Å². The smallest absolute Gasteiger partial charge is 0.164 e. The fraction of sp³-hybridized carbons (Fsp3) is 0.0317. The molecule has 2 aromatic heterocycles. The molecule has 320 valence electrons. The van der Waals surface area contributed by atoms with Crippen LogP contribution in [-0.4, -0.2) is 19.5 Å². The molecule has 0 radical (unpaired) electrons. The van der Waals surface area contributed by atoms with E-state index < -0.39 is 0 Å². The molecule has 2 aliphatic rings.